The van der Waals surface area contributed by atoms with Crippen LogP contribution in [0.15, 0.2) is 29.2 Å². The Kier molecular flexibility index (Phi) is 5.35. The van der Waals surface area contributed by atoms with Gasteiger partial charge in [-0.2, -0.15) is 5.10 Å². The van der Waals surface area contributed by atoms with Gasteiger partial charge in [-0.05, 0) is 37.9 Å². The summed E-state index contributed by atoms with van der Waals surface area (Å²) in [6.45, 7) is 6.28. The molecule has 2 aromatic rings. The average molecular weight is 330 g/mol. The van der Waals surface area contributed by atoms with Crippen molar-refractivity contribution in [2.75, 3.05) is 26.2 Å². The molecule has 2 aromatic heterocycles. The molecule has 0 aromatic carbocycles. The molecular weight excluding hydrogens is 304 g/mol. The van der Waals surface area contributed by atoms with Crippen molar-refractivity contribution in [3.05, 3.63) is 30.4 Å². The van der Waals surface area contributed by atoms with E-state index in [4.69, 9.17) is 4.42 Å². The van der Waals surface area contributed by atoms with Crippen molar-refractivity contribution in [2.45, 2.75) is 26.2 Å². The molecule has 1 aliphatic rings. The lowest BCUT2D eigenvalue weighted by atomic mass is 10.1. The smallest absolute Gasteiger partial charge is 0.255 e. The van der Waals surface area contributed by atoms with Gasteiger partial charge in [0.25, 0.3) is 5.91 Å². The van der Waals surface area contributed by atoms with E-state index in [1.807, 2.05) is 13.1 Å². The van der Waals surface area contributed by atoms with Crippen LogP contribution in [0.1, 0.15) is 36.5 Å². The van der Waals surface area contributed by atoms with Crippen LogP contribution in [0.2, 0.25) is 0 Å². The van der Waals surface area contributed by atoms with Gasteiger partial charge in [0.2, 0.25) is 0 Å². The molecule has 0 radical (unpaired) electrons. The Bertz CT molecular complexity index is 657. The number of piperidine rings is 1. The summed E-state index contributed by atoms with van der Waals surface area (Å²) in [6, 6.07) is 1.82. The number of nitrogens with zero attached hydrogens (tertiary/aromatic N) is 3. The zero-order chi connectivity index (χ0) is 16.9. The van der Waals surface area contributed by atoms with E-state index in [1.54, 1.807) is 23.4 Å². The van der Waals surface area contributed by atoms with E-state index < -0.39 is 0 Å². The highest BCUT2D eigenvalue weighted by Crippen LogP contribution is 2.22. The van der Waals surface area contributed by atoms with Gasteiger partial charge in [-0.3, -0.25) is 9.48 Å². The zero-order valence-corrected chi connectivity index (χ0v) is 14.5. The van der Waals surface area contributed by atoms with E-state index in [-0.39, 0.29) is 5.91 Å². The predicted octanol–water partition coefficient (Wildman–Crippen LogP) is 2.53. The van der Waals surface area contributed by atoms with Crippen LogP contribution in [-0.2, 0) is 7.05 Å². The van der Waals surface area contributed by atoms with Crippen LogP contribution in [0.25, 0.3) is 11.3 Å². The monoisotopic (exact) mass is 330 g/mol. The summed E-state index contributed by atoms with van der Waals surface area (Å²) in [5, 5.41) is 7.44. The van der Waals surface area contributed by atoms with Crippen LogP contribution in [0, 0.1) is 5.92 Å². The maximum Gasteiger partial charge on any atom is 0.255 e. The van der Waals surface area contributed by atoms with Gasteiger partial charge in [0.15, 0.2) is 0 Å². The minimum Gasteiger partial charge on any atom is -0.472 e. The van der Waals surface area contributed by atoms with Crippen molar-refractivity contribution < 1.29 is 9.21 Å². The minimum absolute atomic E-state index is 0.0789. The topological polar surface area (TPSA) is 63.3 Å². The second-order valence-corrected chi connectivity index (χ2v) is 6.75. The summed E-state index contributed by atoms with van der Waals surface area (Å²) < 4.78 is 6.77. The number of carbonyl (C=O) groups is 1. The van der Waals surface area contributed by atoms with Crippen LogP contribution in [-0.4, -0.2) is 46.8 Å². The molecule has 1 N–H and O–H groups in total. The molecule has 6 heteroatoms. The molecular formula is C18H26N4O2. The number of likely N-dealkylation sites (tertiary alicyclic amines) is 1. The molecule has 24 heavy (non-hydrogen) atoms. The molecule has 0 saturated carbocycles. The Labute approximate surface area is 142 Å². The Balaban J connectivity index is 1.57. The molecule has 0 unspecified atom stereocenters. The molecule has 1 saturated heterocycles. The van der Waals surface area contributed by atoms with Crippen LogP contribution < -0.4 is 5.32 Å². The van der Waals surface area contributed by atoms with Gasteiger partial charge in [-0.15, -0.1) is 0 Å². The Morgan fingerprint density at radius 1 is 1.38 bits per heavy atom. The number of rotatable bonds is 6. The standard InChI is InChI=1S/C18H26N4O2/c1-14(11-22-7-4-3-5-8-22)10-19-18(23)16-12-21(2)20-17(16)15-6-9-24-13-15/h6,9,12-14H,3-5,7-8,10-11H2,1-2H3,(H,19,23)/t14-/m0/s1. The summed E-state index contributed by atoms with van der Waals surface area (Å²) in [5.41, 5.74) is 2.07. The maximum absolute atomic E-state index is 12.6. The maximum atomic E-state index is 12.6. The third-order valence-electron chi connectivity index (χ3n) is 4.50. The molecule has 3 rings (SSSR count). The molecule has 1 amide bonds. The fourth-order valence-corrected chi connectivity index (χ4v) is 3.28. The van der Waals surface area contributed by atoms with E-state index in [0.29, 0.717) is 23.7 Å². The minimum atomic E-state index is -0.0789. The average Bonchev–Trinajstić information content (AvgIpc) is 3.22. The van der Waals surface area contributed by atoms with Crippen LogP contribution >= 0.6 is 0 Å². The number of nitrogens with one attached hydrogen (secondary N) is 1. The Morgan fingerprint density at radius 2 is 2.17 bits per heavy atom. The number of amides is 1. The van der Waals surface area contributed by atoms with Crippen molar-refractivity contribution >= 4 is 5.91 Å². The molecule has 130 valence electrons. The van der Waals surface area contributed by atoms with Crippen LogP contribution in [0.3, 0.4) is 0 Å². The molecule has 1 atom stereocenters. The van der Waals surface area contributed by atoms with Gasteiger partial charge in [-0.1, -0.05) is 13.3 Å². The van der Waals surface area contributed by atoms with Gasteiger partial charge in [-0.25, -0.2) is 0 Å². The van der Waals surface area contributed by atoms with Gasteiger partial charge < -0.3 is 14.6 Å². The molecule has 1 aliphatic heterocycles. The van der Waals surface area contributed by atoms with E-state index in [2.05, 4.69) is 22.2 Å². The lowest BCUT2D eigenvalue weighted by molar-refractivity contribution is 0.0943. The van der Waals surface area contributed by atoms with Gasteiger partial charge in [0.1, 0.15) is 5.69 Å². The number of hydrogen-bond acceptors (Lipinski definition) is 4. The Morgan fingerprint density at radius 3 is 2.88 bits per heavy atom. The van der Waals surface area contributed by atoms with Crippen molar-refractivity contribution in [3.8, 4) is 11.3 Å². The molecule has 0 bridgehead atoms. The quantitative estimate of drug-likeness (QED) is 0.884. The van der Waals surface area contributed by atoms with Crippen molar-refractivity contribution in [1.82, 2.24) is 20.0 Å². The first-order valence-corrected chi connectivity index (χ1v) is 8.70. The van der Waals surface area contributed by atoms with E-state index in [1.165, 1.54) is 32.4 Å². The Hall–Kier alpha value is -2.08. The number of aromatic nitrogens is 2. The van der Waals surface area contributed by atoms with Crippen molar-refractivity contribution in [2.24, 2.45) is 13.0 Å². The highest BCUT2D eigenvalue weighted by molar-refractivity contribution is 5.99. The fourth-order valence-electron chi connectivity index (χ4n) is 3.28. The highest BCUT2D eigenvalue weighted by Gasteiger charge is 2.19. The van der Waals surface area contributed by atoms with E-state index in [9.17, 15) is 4.79 Å². The van der Waals surface area contributed by atoms with Crippen LogP contribution in [0.5, 0.6) is 0 Å². The summed E-state index contributed by atoms with van der Waals surface area (Å²) in [7, 11) is 1.82. The molecule has 1 fully saturated rings. The number of carbonyl (C=O) groups excluding carboxylic acids is 1. The van der Waals surface area contributed by atoms with Gasteiger partial charge >= 0.3 is 0 Å². The SMILES string of the molecule is C[C@@H](CNC(=O)c1cn(C)nc1-c1ccoc1)CN1CCCCC1. The predicted molar refractivity (Wildman–Crippen MR) is 92.7 cm³/mol. The lowest BCUT2D eigenvalue weighted by Gasteiger charge is -2.29. The van der Waals surface area contributed by atoms with Crippen LogP contribution in [0.4, 0.5) is 0 Å². The van der Waals surface area contributed by atoms with E-state index in [0.717, 1.165) is 12.1 Å². The van der Waals surface area contributed by atoms with Crippen molar-refractivity contribution in [1.29, 1.82) is 0 Å². The second kappa shape index (κ2) is 7.66. The summed E-state index contributed by atoms with van der Waals surface area (Å²) in [6.07, 6.45) is 8.89. The van der Waals surface area contributed by atoms with Crippen molar-refractivity contribution in [3.63, 3.8) is 0 Å². The third kappa shape index (κ3) is 4.06. The summed E-state index contributed by atoms with van der Waals surface area (Å²) >= 11 is 0. The first-order chi connectivity index (χ1) is 11.6. The third-order valence-corrected chi connectivity index (χ3v) is 4.50. The first-order valence-electron chi connectivity index (χ1n) is 8.70. The largest absolute Gasteiger partial charge is 0.472 e. The fraction of sp³-hybridized carbons (Fsp3) is 0.556. The second-order valence-electron chi connectivity index (χ2n) is 6.75. The number of hydrogen-bond donors (Lipinski definition) is 1. The van der Waals surface area contributed by atoms with Gasteiger partial charge in [0, 0.05) is 31.9 Å². The number of furan rings is 1. The highest BCUT2D eigenvalue weighted by atomic mass is 16.3. The summed E-state index contributed by atoms with van der Waals surface area (Å²) in [5.74, 6) is 0.353. The zero-order valence-electron chi connectivity index (χ0n) is 14.5. The molecule has 3 heterocycles. The molecule has 0 aliphatic carbocycles. The lowest BCUT2D eigenvalue weighted by Crippen LogP contribution is -2.38. The molecule has 6 nitrogen and oxygen atoms in total. The van der Waals surface area contributed by atoms with Gasteiger partial charge in [0.05, 0.1) is 18.1 Å². The number of aryl methyl sites for hydroxylation is 1. The van der Waals surface area contributed by atoms with E-state index >= 15 is 0 Å². The summed E-state index contributed by atoms with van der Waals surface area (Å²) in [4.78, 5) is 15.1. The first kappa shape index (κ1) is 16.8. The normalized spacial score (nSPS) is 16.9. The molecule has 0 spiro atoms.